The number of hydrogen-bond donors (Lipinski definition) is 2. The summed E-state index contributed by atoms with van der Waals surface area (Å²) >= 11 is 0. The van der Waals surface area contributed by atoms with Gasteiger partial charge in [-0.15, -0.1) is 0 Å². The Balaban J connectivity index is 1.48. The number of fused-ring (bicyclic) bond motifs is 2. The molecular formula is C20H29N5O2. The Kier molecular flexibility index (Phi) is 5.31. The fourth-order valence-electron chi connectivity index (χ4n) is 4.48. The number of methoxy groups -OCH3 is 1. The molecule has 0 bridgehead atoms. The van der Waals surface area contributed by atoms with E-state index in [0.29, 0.717) is 24.8 Å². The van der Waals surface area contributed by atoms with E-state index in [0.717, 1.165) is 29.8 Å². The van der Waals surface area contributed by atoms with E-state index in [1.54, 1.807) is 7.11 Å². The van der Waals surface area contributed by atoms with Crippen molar-refractivity contribution in [1.82, 2.24) is 19.8 Å². The summed E-state index contributed by atoms with van der Waals surface area (Å²) in [4.78, 5) is 20.0. The number of imidazole rings is 1. The first-order chi connectivity index (χ1) is 13.2. The number of aryl methyl sites for hydroxylation is 1. The smallest absolute Gasteiger partial charge is 0.251 e. The highest BCUT2D eigenvalue weighted by atomic mass is 16.5. The summed E-state index contributed by atoms with van der Waals surface area (Å²) in [6, 6.07) is 6.54. The van der Waals surface area contributed by atoms with Gasteiger partial charge in [0, 0.05) is 38.3 Å². The van der Waals surface area contributed by atoms with E-state index in [1.165, 1.54) is 25.9 Å². The van der Waals surface area contributed by atoms with Crippen LogP contribution in [0.15, 0.2) is 18.2 Å². The molecule has 2 aliphatic heterocycles. The first-order valence-electron chi connectivity index (χ1n) is 9.91. The standard InChI is InChI=1S/C20H29N5O2/c1-24-17-8-7-14(13-16(17)23-20(24)21-9-12-27-2)19(26)22-15-5-3-10-25-11-4-6-18(15)25/h7-8,13,15,18H,3-6,9-12H2,1-2H3,(H,21,23)(H,22,26)/t15-,18-/m0/s1. The molecule has 0 radical (unpaired) electrons. The monoisotopic (exact) mass is 371 g/mol. The van der Waals surface area contributed by atoms with Crippen LogP contribution in [0.1, 0.15) is 36.0 Å². The largest absolute Gasteiger partial charge is 0.383 e. The Morgan fingerprint density at radius 1 is 1.30 bits per heavy atom. The van der Waals surface area contributed by atoms with Gasteiger partial charge in [0.15, 0.2) is 0 Å². The lowest BCUT2D eigenvalue weighted by atomic mass is 9.96. The number of ether oxygens (including phenoxy) is 1. The highest BCUT2D eigenvalue weighted by Gasteiger charge is 2.35. The maximum atomic E-state index is 12.9. The van der Waals surface area contributed by atoms with Gasteiger partial charge < -0.3 is 19.9 Å². The molecule has 2 N–H and O–H groups in total. The van der Waals surface area contributed by atoms with Gasteiger partial charge in [-0.05, 0) is 57.0 Å². The zero-order valence-corrected chi connectivity index (χ0v) is 16.2. The van der Waals surface area contributed by atoms with Gasteiger partial charge in [0.2, 0.25) is 5.95 Å². The number of amides is 1. The molecule has 27 heavy (non-hydrogen) atoms. The van der Waals surface area contributed by atoms with Gasteiger partial charge in [0.25, 0.3) is 5.91 Å². The van der Waals surface area contributed by atoms with Gasteiger partial charge in [-0.2, -0.15) is 0 Å². The Bertz CT molecular complexity index is 818. The number of anilines is 1. The highest BCUT2D eigenvalue weighted by Crippen LogP contribution is 2.27. The molecular weight excluding hydrogens is 342 g/mol. The second-order valence-corrected chi connectivity index (χ2v) is 7.59. The average Bonchev–Trinajstić information content (AvgIpc) is 3.27. The van der Waals surface area contributed by atoms with Crippen molar-refractivity contribution in [2.24, 2.45) is 7.05 Å². The molecule has 3 heterocycles. The lowest BCUT2D eigenvalue weighted by molar-refractivity contribution is 0.0868. The number of carbonyl (C=O) groups excluding carboxylic acids is 1. The summed E-state index contributed by atoms with van der Waals surface area (Å²) in [5, 5.41) is 6.55. The molecule has 7 heteroatoms. The van der Waals surface area contributed by atoms with E-state index in [4.69, 9.17) is 4.74 Å². The minimum absolute atomic E-state index is 0.00944. The molecule has 1 amide bonds. The maximum Gasteiger partial charge on any atom is 0.251 e. The van der Waals surface area contributed by atoms with E-state index in [1.807, 2.05) is 29.8 Å². The molecule has 0 aliphatic carbocycles. The molecule has 0 unspecified atom stereocenters. The second-order valence-electron chi connectivity index (χ2n) is 7.59. The van der Waals surface area contributed by atoms with Crippen molar-refractivity contribution in [3.05, 3.63) is 23.8 Å². The predicted octanol–water partition coefficient (Wildman–Crippen LogP) is 1.99. The number of benzene rings is 1. The number of nitrogens with zero attached hydrogens (tertiary/aromatic N) is 3. The molecule has 2 aliphatic rings. The Morgan fingerprint density at radius 3 is 2.93 bits per heavy atom. The van der Waals surface area contributed by atoms with Crippen LogP contribution >= 0.6 is 0 Å². The normalized spacial score (nSPS) is 22.7. The lowest BCUT2D eigenvalue weighted by Crippen LogP contribution is -2.52. The maximum absolute atomic E-state index is 12.9. The van der Waals surface area contributed by atoms with Crippen LogP contribution in [0.3, 0.4) is 0 Å². The lowest BCUT2D eigenvalue weighted by Gasteiger charge is -2.37. The van der Waals surface area contributed by atoms with E-state index in [9.17, 15) is 4.79 Å². The van der Waals surface area contributed by atoms with Gasteiger partial charge >= 0.3 is 0 Å². The van der Waals surface area contributed by atoms with E-state index >= 15 is 0 Å². The van der Waals surface area contributed by atoms with Crippen molar-refractivity contribution < 1.29 is 9.53 Å². The average molecular weight is 371 g/mol. The summed E-state index contributed by atoms with van der Waals surface area (Å²) in [5.41, 5.74) is 2.52. The van der Waals surface area contributed by atoms with Crippen LogP contribution in [0, 0.1) is 0 Å². The number of rotatable bonds is 6. The topological polar surface area (TPSA) is 71.4 Å². The van der Waals surface area contributed by atoms with Crippen LogP contribution in [0.25, 0.3) is 11.0 Å². The molecule has 146 valence electrons. The molecule has 7 nitrogen and oxygen atoms in total. The highest BCUT2D eigenvalue weighted by molar-refractivity contribution is 5.98. The minimum Gasteiger partial charge on any atom is -0.383 e. The predicted molar refractivity (Wildman–Crippen MR) is 106 cm³/mol. The Labute approximate surface area is 160 Å². The first kappa shape index (κ1) is 18.3. The third-order valence-corrected chi connectivity index (χ3v) is 5.89. The molecule has 0 saturated carbocycles. The van der Waals surface area contributed by atoms with E-state index in [-0.39, 0.29) is 11.9 Å². The Morgan fingerprint density at radius 2 is 2.11 bits per heavy atom. The summed E-state index contributed by atoms with van der Waals surface area (Å²) in [7, 11) is 3.65. The third kappa shape index (κ3) is 3.66. The summed E-state index contributed by atoms with van der Waals surface area (Å²) < 4.78 is 7.08. The molecule has 2 saturated heterocycles. The molecule has 4 rings (SSSR count). The Hall–Kier alpha value is -2.12. The van der Waals surface area contributed by atoms with Crippen LogP contribution in [0.5, 0.6) is 0 Å². The van der Waals surface area contributed by atoms with Gasteiger partial charge in [0.05, 0.1) is 17.6 Å². The van der Waals surface area contributed by atoms with Crippen LogP contribution in [0.2, 0.25) is 0 Å². The van der Waals surface area contributed by atoms with E-state index < -0.39 is 0 Å². The number of carbonyl (C=O) groups is 1. The van der Waals surface area contributed by atoms with Crippen molar-refractivity contribution in [2.75, 3.05) is 38.7 Å². The van der Waals surface area contributed by atoms with Crippen LogP contribution < -0.4 is 10.6 Å². The molecule has 1 aromatic carbocycles. The molecule has 2 aromatic rings. The first-order valence-corrected chi connectivity index (χ1v) is 9.91. The van der Waals surface area contributed by atoms with Crippen molar-refractivity contribution in [3.8, 4) is 0 Å². The minimum atomic E-state index is 0.00944. The van der Waals surface area contributed by atoms with Crippen molar-refractivity contribution in [3.63, 3.8) is 0 Å². The van der Waals surface area contributed by atoms with Crippen LogP contribution in [-0.2, 0) is 11.8 Å². The number of piperidine rings is 1. The number of nitrogens with one attached hydrogen (secondary N) is 2. The molecule has 1 aromatic heterocycles. The number of hydrogen-bond acceptors (Lipinski definition) is 5. The third-order valence-electron chi connectivity index (χ3n) is 5.89. The molecule has 2 fully saturated rings. The van der Waals surface area contributed by atoms with Gasteiger partial charge in [-0.3, -0.25) is 9.69 Å². The summed E-state index contributed by atoms with van der Waals surface area (Å²) in [6.45, 7) is 3.67. The fraction of sp³-hybridized carbons (Fsp3) is 0.600. The summed E-state index contributed by atoms with van der Waals surface area (Å²) in [5.74, 6) is 0.795. The van der Waals surface area contributed by atoms with Gasteiger partial charge in [0.1, 0.15) is 0 Å². The SMILES string of the molecule is COCCNc1nc2cc(C(=O)N[C@H]3CCCN4CCC[C@@H]34)ccc2n1C. The van der Waals surface area contributed by atoms with Crippen LogP contribution in [-0.4, -0.2) is 65.8 Å². The zero-order chi connectivity index (χ0) is 18.8. The van der Waals surface area contributed by atoms with Crippen molar-refractivity contribution in [1.29, 1.82) is 0 Å². The summed E-state index contributed by atoms with van der Waals surface area (Å²) in [6.07, 6.45) is 4.68. The molecule has 0 spiro atoms. The molecule has 2 atom stereocenters. The van der Waals surface area contributed by atoms with Crippen molar-refractivity contribution >= 4 is 22.9 Å². The van der Waals surface area contributed by atoms with Gasteiger partial charge in [-0.1, -0.05) is 0 Å². The van der Waals surface area contributed by atoms with Crippen molar-refractivity contribution in [2.45, 2.75) is 37.8 Å². The van der Waals surface area contributed by atoms with E-state index in [2.05, 4.69) is 20.5 Å². The van der Waals surface area contributed by atoms with Crippen LogP contribution in [0.4, 0.5) is 5.95 Å². The van der Waals surface area contributed by atoms with Gasteiger partial charge in [-0.25, -0.2) is 4.98 Å². The number of aromatic nitrogens is 2. The fourth-order valence-corrected chi connectivity index (χ4v) is 4.48. The quantitative estimate of drug-likeness (QED) is 0.760. The zero-order valence-electron chi connectivity index (χ0n) is 16.2. The second kappa shape index (κ2) is 7.86.